The van der Waals surface area contributed by atoms with Crippen LogP contribution in [-0.4, -0.2) is 71.7 Å². The average molecular weight is 569 g/mol. The van der Waals surface area contributed by atoms with Crippen LogP contribution in [0.25, 0.3) is 0 Å². The van der Waals surface area contributed by atoms with Crippen LogP contribution < -0.4 is 14.8 Å². The van der Waals surface area contributed by atoms with Crippen molar-refractivity contribution < 1.29 is 34.1 Å². The summed E-state index contributed by atoms with van der Waals surface area (Å²) in [5.41, 5.74) is 2.00. The van der Waals surface area contributed by atoms with E-state index in [1.54, 1.807) is 35.2 Å². The number of hydrogen-bond acceptors (Lipinski definition) is 7. The van der Waals surface area contributed by atoms with Gasteiger partial charge in [0.15, 0.2) is 11.5 Å². The maximum Gasteiger partial charge on any atom is 0.247 e. The lowest BCUT2D eigenvalue weighted by Crippen LogP contribution is -2.56. The van der Waals surface area contributed by atoms with Gasteiger partial charge in [-0.3, -0.25) is 14.4 Å². The molecule has 2 aliphatic carbocycles. The molecule has 2 aromatic carbocycles. The molecule has 9 nitrogen and oxygen atoms in total. The van der Waals surface area contributed by atoms with E-state index in [1.807, 2.05) is 12.1 Å². The van der Waals surface area contributed by atoms with Crippen LogP contribution in [0.2, 0.25) is 5.02 Å². The van der Waals surface area contributed by atoms with Crippen LogP contribution in [0.3, 0.4) is 0 Å². The number of hydrogen-bond donors (Lipinski definition) is 3. The van der Waals surface area contributed by atoms with Crippen LogP contribution in [0, 0.1) is 5.92 Å². The molecule has 0 unspecified atom stereocenters. The summed E-state index contributed by atoms with van der Waals surface area (Å²) >= 11 is 6.09. The Hall–Kier alpha value is -3.40. The second-order valence-electron chi connectivity index (χ2n) is 10.5. The minimum Gasteiger partial charge on any atom is -0.493 e. The van der Waals surface area contributed by atoms with Gasteiger partial charge in [0.2, 0.25) is 11.8 Å². The summed E-state index contributed by atoms with van der Waals surface area (Å²) in [7, 11) is 1.45. The van der Waals surface area contributed by atoms with Gasteiger partial charge < -0.3 is 29.9 Å². The number of amides is 2. The Morgan fingerprint density at radius 3 is 2.58 bits per heavy atom. The van der Waals surface area contributed by atoms with E-state index in [1.165, 1.54) is 7.11 Å². The Kier molecular flexibility index (Phi) is 8.44. The summed E-state index contributed by atoms with van der Waals surface area (Å²) in [5, 5.41) is 24.4. The Labute approximate surface area is 237 Å². The zero-order chi connectivity index (χ0) is 28.4. The molecule has 4 atom stereocenters. The summed E-state index contributed by atoms with van der Waals surface area (Å²) in [5.74, 6) is -0.768. The van der Waals surface area contributed by atoms with Crippen molar-refractivity contribution in [2.45, 2.75) is 56.4 Å². The molecule has 0 saturated heterocycles. The molecule has 1 fully saturated rings. The van der Waals surface area contributed by atoms with Crippen molar-refractivity contribution >= 4 is 29.7 Å². The van der Waals surface area contributed by atoms with Gasteiger partial charge in [-0.15, -0.1) is 0 Å². The van der Waals surface area contributed by atoms with E-state index < -0.39 is 30.1 Å². The number of nitrogens with zero attached hydrogens (tertiary/aromatic N) is 1. The number of benzene rings is 2. The van der Waals surface area contributed by atoms with Gasteiger partial charge >= 0.3 is 0 Å². The molecular formula is C30H33ClN2O7. The van der Waals surface area contributed by atoms with Gasteiger partial charge in [0, 0.05) is 40.7 Å². The molecule has 0 radical (unpaired) electrons. The largest absolute Gasteiger partial charge is 0.493 e. The smallest absolute Gasteiger partial charge is 0.247 e. The maximum atomic E-state index is 13.9. The lowest BCUT2D eigenvalue weighted by Gasteiger charge is -2.41. The molecule has 3 aliphatic rings. The van der Waals surface area contributed by atoms with Crippen molar-refractivity contribution in [3.8, 4) is 11.5 Å². The van der Waals surface area contributed by atoms with Crippen LogP contribution in [0.1, 0.15) is 53.1 Å². The highest BCUT2D eigenvalue weighted by molar-refractivity contribution is 6.30. The van der Waals surface area contributed by atoms with Crippen LogP contribution in [0.4, 0.5) is 0 Å². The number of halogens is 1. The Morgan fingerprint density at radius 1 is 1.20 bits per heavy atom. The number of aliphatic hydroxyl groups excluding tert-OH is 2. The van der Waals surface area contributed by atoms with Gasteiger partial charge in [-0.2, -0.15) is 0 Å². The number of nitrogens with one attached hydrogen (secondary N) is 1. The van der Waals surface area contributed by atoms with Crippen molar-refractivity contribution in [2.24, 2.45) is 5.92 Å². The highest BCUT2D eigenvalue weighted by Gasteiger charge is 2.52. The van der Waals surface area contributed by atoms with Gasteiger partial charge in [-0.25, -0.2) is 0 Å². The van der Waals surface area contributed by atoms with Crippen molar-refractivity contribution in [1.82, 2.24) is 10.2 Å². The molecule has 0 aromatic heterocycles. The molecule has 2 aromatic rings. The molecule has 3 N–H and O–H groups in total. The van der Waals surface area contributed by atoms with Gasteiger partial charge in [0.1, 0.15) is 18.5 Å². The van der Waals surface area contributed by atoms with Crippen LogP contribution >= 0.6 is 11.6 Å². The van der Waals surface area contributed by atoms with Crippen molar-refractivity contribution in [3.63, 3.8) is 0 Å². The van der Waals surface area contributed by atoms with E-state index in [9.17, 15) is 24.6 Å². The van der Waals surface area contributed by atoms with E-state index >= 15 is 0 Å². The third kappa shape index (κ3) is 5.33. The zero-order valence-electron chi connectivity index (χ0n) is 22.2. The molecule has 1 saturated carbocycles. The van der Waals surface area contributed by atoms with Crippen molar-refractivity contribution in [1.29, 1.82) is 0 Å². The minimum absolute atomic E-state index is 0.0295. The number of methoxy groups -OCH3 is 1. The summed E-state index contributed by atoms with van der Waals surface area (Å²) in [6, 6.07) is 9.47. The number of carbonyl (C=O) groups excluding carboxylic acids is 3. The standard InChI is InChI=1S/C30H33ClN2O7/c1-39-24-13-18(16-35)12-21-25-22(29(37)32-10-11-34)14-23(26(36)28(25)40-27(21)24)33(30(38)19-4-2-3-5-19)15-17-6-8-20(31)9-7-17/h6-9,12-14,16,19,23,25-26,28,34,36H,2-5,10-11,15H2,1H3,(H,32,37)/t23-,25+,26+,28+/m1/s1. The first-order valence-electron chi connectivity index (χ1n) is 13.5. The normalized spacial score (nSPS) is 23.4. The maximum absolute atomic E-state index is 13.9. The molecule has 0 bridgehead atoms. The van der Waals surface area contributed by atoms with E-state index in [-0.39, 0.29) is 37.1 Å². The molecule has 1 heterocycles. The van der Waals surface area contributed by atoms with Crippen LogP contribution in [0.15, 0.2) is 48.0 Å². The predicted octanol–water partition coefficient (Wildman–Crippen LogP) is 3.00. The second kappa shape index (κ2) is 12.0. The van der Waals surface area contributed by atoms with Crippen molar-refractivity contribution in [3.05, 3.63) is 69.8 Å². The summed E-state index contributed by atoms with van der Waals surface area (Å²) < 4.78 is 11.7. The van der Waals surface area contributed by atoms with E-state index in [0.717, 1.165) is 31.2 Å². The topological polar surface area (TPSA) is 125 Å². The zero-order valence-corrected chi connectivity index (χ0v) is 23.0. The first kappa shape index (κ1) is 28.1. The quantitative estimate of drug-likeness (QED) is 0.397. The second-order valence-corrected chi connectivity index (χ2v) is 10.9. The Bertz CT molecular complexity index is 1310. The Morgan fingerprint density at radius 2 is 1.93 bits per heavy atom. The summed E-state index contributed by atoms with van der Waals surface area (Å²) in [6.45, 7) is -0.0148. The first-order valence-corrected chi connectivity index (χ1v) is 13.9. The molecule has 1 aliphatic heterocycles. The fourth-order valence-corrected chi connectivity index (χ4v) is 6.21. The average Bonchev–Trinajstić information content (AvgIpc) is 3.64. The van der Waals surface area contributed by atoms with Crippen molar-refractivity contribution in [2.75, 3.05) is 20.3 Å². The number of ether oxygens (including phenoxy) is 2. The van der Waals surface area contributed by atoms with E-state index in [4.69, 9.17) is 21.1 Å². The predicted molar refractivity (Wildman–Crippen MR) is 147 cm³/mol. The van der Waals surface area contributed by atoms with Gasteiger partial charge in [0.05, 0.1) is 25.7 Å². The summed E-state index contributed by atoms with van der Waals surface area (Å²) in [6.07, 6.45) is 3.68. The molecule has 5 rings (SSSR count). The first-order chi connectivity index (χ1) is 19.4. The van der Waals surface area contributed by atoms with E-state index in [0.29, 0.717) is 33.9 Å². The van der Waals surface area contributed by atoms with E-state index in [2.05, 4.69) is 5.32 Å². The van der Waals surface area contributed by atoms with Gasteiger partial charge in [-0.1, -0.05) is 36.6 Å². The number of aldehydes is 1. The molecule has 10 heteroatoms. The van der Waals surface area contributed by atoms with Gasteiger partial charge in [-0.05, 0) is 48.7 Å². The third-order valence-electron chi connectivity index (χ3n) is 8.02. The fourth-order valence-electron chi connectivity index (χ4n) is 6.08. The highest BCUT2D eigenvalue weighted by Crippen LogP contribution is 2.51. The van der Waals surface area contributed by atoms with Crippen LogP contribution in [0.5, 0.6) is 11.5 Å². The molecule has 2 amide bonds. The minimum atomic E-state index is -1.19. The number of fused-ring (bicyclic) bond motifs is 3. The molecule has 0 spiro atoms. The molecular weight excluding hydrogens is 536 g/mol. The molecule has 212 valence electrons. The summed E-state index contributed by atoms with van der Waals surface area (Å²) in [4.78, 5) is 40.7. The molecule has 40 heavy (non-hydrogen) atoms. The lowest BCUT2D eigenvalue weighted by molar-refractivity contribution is -0.142. The SMILES string of the molecule is COc1cc(C=O)cc2c1O[C@@H]1[C@@H](O)[C@H](N(Cc3ccc(Cl)cc3)C(=O)C3CCCC3)C=C(C(=O)NCCO)[C@H]21. The fraction of sp³-hybridized carbons (Fsp3) is 0.433. The number of carbonyl (C=O) groups is 3. The Balaban J connectivity index is 1.60. The number of rotatable bonds is 9. The highest BCUT2D eigenvalue weighted by atomic mass is 35.5. The van der Waals surface area contributed by atoms with Crippen LogP contribution in [-0.2, 0) is 16.1 Å². The lowest BCUT2D eigenvalue weighted by atomic mass is 9.77. The number of aliphatic hydroxyl groups is 2. The third-order valence-corrected chi connectivity index (χ3v) is 8.28. The van der Waals surface area contributed by atoms with Gasteiger partial charge in [0.25, 0.3) is 0 Å². The monoisotopic (exact) mass is 568 g/mol.